The number of amides is 12. The Morgan fingerprint density at radius 3 is 1.85 bits per heavy atom. The molecule has 12 atom stereocenters. The van der Waals surface area contributed by atoms with Crippen molar-refractivity contribution in [3.63, 3.8) is 0 Å². The highest BCUT2D eigenvalue weighted by Crippen LogP contribution is 2.45. The fourth-order valence-electron chi connectivity index (χ4n) is 16.8. The highest BCUT2D eigenvalue weighted by Gasteiger charge is 2.56. The number of hydrogen-bond acceptors (Lipinski definition) is 13. The van der Waals surface area contributed by atoms with Crippen molar-refractivity contribution < 1.29 is 84.2 Å². The number of nitrogens with zero attached hydrogens (tertiary/aromatic N) is 9. The summed E-state index contributed by atoms with van der Waals surface area (Å²) in [4.78, 5) is 192. The maximum absolute atomic E-state index is 15.5. The minimum atomic E-state index is -5.17. The van der Waals surface area contributed by atoms with Crippen LogP contribution in [0.15, 0.2) is 12.2 Å². The minimum Gasteiger partial charge on any atom is -0.377 e. The third-order valence-electron chi connectivity index (χ3n) is 23.4. The first-order valence-corrected chi connectivity index (χ1v) is 38.2. The summed E-state index contributed by atoms with van der Waals surface area (Å²) in [7, 11) is 11.3. The molecule has 4 aliphatic carbocycles. The third-order valence-corrected chi connectivity index (χ3v) is 23.4. The lowest BCUT2D eigenvalue weighted by Gasteiger charge is -2.46. The van der Waals surface area contributed by atoms with Crippen molar-refractivity contribution in [1.29, 1.82) is 0 Å². The van der Waals surface area contributed by atoms with Crippen LogP contribution >= 0.6 is 0 Å². The van der Waals surface area contributed by atoms with E-state index in [1.165, 1.54) is 85.8 Å². The molecule has 30 heteroatoms. The first kappa shape index (κ1) is 85.2. The zero-order valence-electron chi connectivity index (χ0n) is 64.4. The van der Waals surface area contributed by atoms with Gasteiger partial charge in [0.1, 0.15) is 72.1 Å². The van der Waals surface area contributed by atoms with Gasteiger partial charge >= 0.3 is 6.18 Å². The van der Waals surface area contributed by atoms with Gasteiger partial charge in [0.05, 0.1) is 25.6 Å². The SMILES string of the molecule is CCO[C@@H]1C[C@H]2C(=O)NC3(CCC3)C(=O)N(C)[C@@H](C3CCCC3)C(=O)N(C)[C@H](C(=O)N(C)C)CC(=O)N(C)[C@@H](CC(C)(C)C)C(=O)N[C@@H]([C@@H](C)CC)C(=O)N(C)CC(=O)N(C)[C@H]3C/C=C\CCN(C3=O)[C@@H](CC3CCCCC3)C(=O)N(C)CC(=O)N[C@@H](CCC3CC(F)C(C(F)(F)F)C(F)C3)C(=O)N2C1. The van der Waals surface area contributed by atoms with Crippen LogP contribution < -0.4 is 16.0 Å². The van der Waals surface area contributed by atoms with Crippen LogP contribution in [-0.2, 0) is 62.3 Å². The number of carbonyl (C=O) groups is 12. The molecule has 2 unspecified atom stereocenters. The molecule has 105 heavy (non-hydrogen) atoms. The number of halogens is 5. The summed E-state index contributed by atoms with van der Waals surface area (Å²) >= 11 is 0. The smallest absolute Gasteiger partial charge is 0.377 e. The van der Waals surface area contributed by atoms with Gasteiger partial charge in [0, 0.05) is 82.5 Å². The predicted molar refractivity (Wildman–Crippen MR) is 381 cm³/mol. The van der Waals surface area contributed by atoms with Gasteiger partial charge < -0.3 is 64.8 Å². The molecule has 0 radical (unpaired) electrons. The van der Waals surface area contributed by atoms with Crippen LogP contribution in [0.3, 0.4) is 0 Å². The highest BCUT2D eigenvalue weighted by molar-refractivity contribution is 6.01. The normalized spacial score (nSPS) is 31.3. The average Bonchev–Trinajstić information content (AvgIpc) is 1.63. The zero-order valence-corrected chi connectivity index (χ0v) is 64.4. The summed E-state index contributed by atoms with van der Waals surface area (Å²) in [6, 6.07) is -10.6. The summed E-state index contributed by atoms with van der Waals surface area (Å²) in [6.07, 6.45) is -2.22. The van der Waals surface area contributed by atoms with Crippen molar-refractivity contribution in [2.24, 2.45) is 35.0 Å². The van der Waals surface area contributed by atoms with Crippen molar-refractivity contribution >= 4 is 70.9 Å². The molecule has 0 aromatic carbocycles. The van der Waals surface area contributed by atoms with E-state index in [0.717, 1.165) is 46.8 Å². The van der Waals surface area contributed by atoms with Crippen LogP contribution in [0.4, 0.5) is 22.0 Å². The van der Waals surface area contributed by atoms with Crippen molar-refractivity contribution in [2.45, 2.75) is 268 Å². The Bertz CT molecular complexity index is 3130. The molecular formula is C75H119F5N12O13. The number of fused-ring (bicyclic) bond motifs is 3. The monoisotopic (exact) mass is 1490 g/mol. The Balaban J connectivity index is 1.32. The Morgan fingerprint density at radius 2 is 1.28 bits per heavy atom. The highest BCUT2D eigenvalue weighted by atomic mass is 19.4. The van der Waals surface area contributed by atoms with E-state index >= 15 is 47.1 Å². The fourth-order valence-corrected chi connectivity index (χ4v) is 16.8. The summed E-state index contributed by atoms with van der Waals surface area (Å²) < 4.78 is 78.8. The lowest BCUT2D eigenvalue weighted by atomic mass is 9.74. The summed E-state index contributed by atoms with van der Waals surface area (Å²) in [5, 5.41) is 8.60. The van der Waals surface area contributed by atoms with E-state index in [1.807, 2.05) is 33.8 Å². The minimum absolute atomic E-state index is 0.0146. The van der Waals surface area contributed by atoms with Crippen molar-refractivity contribution in [3.8, 4) is 0 Å². The lowest BCUT2D eigenvalue weighted by Crippen LogP contribution is -2.68. The van der Waals surface area contributed by atoms with Gasteiger partial charge in [0.15, 0.2) is 0 Å². The molecule has 3 N–H and O–H groups in total. The summed E-state index contributed by atoms with van der Waals surface area (Å²) in [5.74, 6) is -13.4. The molecule has 0 aromatic rings. The first-order chi connectivity index (χ1) is 49.2. The summed E-state index contributed by atoms with van der Waals surface area (Å²) in [5.41, 5.74) is -2.27. The third kappa shape index (κ3) is 21.0. The second-order valence-corrected chi connectivity index (χ2v) is 32.5. The molecule has 2 bridgehead atoms. The number of ether oxygens (including phenoxy) is 1. The van der Waals surface area contributed by atoms with Gasteiger partial charge in [-0.3, -0.25) is 57.5 Å². The van der Waals surface area contributed by atoms with Gasteiger partial charge in [-0.1, -0.05) is 98.1 Å². The van der Waals surface area contributed by atoms with Crippen LogP contribution in [0.1, 0.15) is 189 Å². The maximum Gasteiger partial charge on any atom is 0.397 e. The maximum atomic E-state index is 15.5. The van der Waals surface area contributed by atoms with E-state index in [-0.39, 0.29) is 77.0 Å². The van der Waals surface area contributed by atoms with E-state index in [2.05, 4.69) is 16.0 Å². The standard InChI is InChI=1S/C75H119F5N12O13/c1-15-45(3)62-70(102)86(10)44-60(95)87(11)53-30-21-18-24-35-91(69(53)101)56(38-46-26-19-17-20-27-46)68(100)85(9)43-58(93)81-52(32-31-47-36-50(76)61(51(77)37-47)75(78,79)80)66(98)92-42-49(105-16-2)39-54(92)65(97)83-74(33-25-34-74)72(104)90(14)63(48-28-22-23-29-48)71(103)89(13)55(67(99)84(7)8)40-59(94)88(12)57(64(96)82-62)41-73(4,5)6/h18,21,45-57,61-63H,15-17,19-20,22-44H2,1-14H3,(H,81,93)(H,82,96)(H,83,97)/b21-18-/t45-,47?,49+,50?,51?,52-,53-,54-,55-,56-,57-,61?,62-,63-/m0/s1. The van der Waals surface area contributed by atoms with Crippen LogP contribution in [0.2, 0.25) is 0 Å². The molecular weight excluding hydrogens is 1370 g/mol. The number of nitrogens with one attached hydrogen (secondary N) is 3. The Kier molecular flexibility index (Phi) is 29.8. The van der Waals surface area contributed by atoms with Crippen LogP contribution in [0.25, 0.3) is 0 Å². The zero-order chi connectivity index (χ0) is 77.9. The van der Waals surface area contributed by atoms with Gasteiger partial charge in [0.2, 0.25) is 70.9 Å². The van der Waals surface area contributed by atoms with Crippen molar-refractivity contribution in [1.82, 2.24) is 60.0 Å². The molecule has 6 fully saturated rings. The molecule has 4 saturated carbocycles. The number of alkyl halides is 5. The topological polar surface area (TPSA) is 279 Å². The second kappa shape index (κ2) is 36.7. The van der Waals surface area contributed by atoms with Gasteiger partial charge in [-0.15, -0.1) is 0 Å². The Labute approximate surface area is 616 Å². The Morgan fingerprint density at radius 1 is 0.657 bits per heavy atom. The fraction of sp³-hybridized carbons (Fsp3) is 0.813. The van der Waals surface area contributed by atoms with Crippen LogP contribution in [-0.4, -0.2) is 283 Å². The first-order valence-electron chi connectivity index (χ1n) is 38.2. The number of carbonyl (C=O) groups excluding carboxylic acids is 12. The van der Waals surface area contributed by atoms with E-state index < -0.39 is 211 Å². The number of rotatable bonds is 12. The van der Waals surface area contributed by atoms with Crippen molar-refractivity contribution in [2.75, 3.05) is 89.2 Å². The largest absolute Gasteiger partial charge is 0.397 e. The second-order valence-electron chi connectivity index (χ2n) is 32.5. The average molecular weight is 1490 g/mol. The van der Waals surface area contributed by atoms with Gasteiger partial charge in [-0.25, -0.2) is 8.78 Å². The van der Waals surface area contributed by atoms with Gasteiger partial charge in [-0.05, 0) is 119 Å². The molecule has 592 valence electrons. The molecule has 12 amide bonds. The number of hydrogen-bond donors (Lipinski definition) is 3. The lowest BCUT2D eigenvalue weighted by molar-refractivity contribution is -0.219. The predicted octanol–water partition coefficient (Wildman–Crippen LogP) is 5.95. The van der Waals surface area contributed by atoms with Crippen molar-refractivity contribution in [3.05, 3.63) is 12.2 Å². The summed E-state index contributed by atoms with van der Waals surface area (Å²) in [6.45, 7) is 9.52. The Hall–Kier alpha value is -7.01. The molecule has 3 heterocycles. The van der Waals surface area contributed by atoms with E-state index in [1.54, 1.807) is 19.9 Å². The molecule has 7 rings (SSSR count). The number of likely N-dealkylation sites (N-methyl/N-ethyl adjacent to an activating group) is 7. The van der Waals surface area contributed by atoms with Crippen LogP contribution in [0.5, 0.6) is 0 Å². The van der Waals surface area contributed by atoms with E-state index in [0.29, 0.717) is 44.9 Å². The molecule has 0 aromatic heterocycles. The van der Waals surface area contributed by atoms with E-state index in [4.69, 9.17) is 4.74 Å². The molecule has 1 spiro atoms. The molecule has 2 saturated heterocycles. The van der Waals surface area contributed by atoms with E-state index in [9.17, 15) is 32.3 Å². The molecule has 25 nitrogen and oxygen atoms in total. The molecule has 3 aliphatic heterocycles. The quantitative estimate of drug-likeness (QED) is 0.151. The van der Waals surface area contributed by atoms with Crippen LogP contribution in [0, 0.1) is 35.0 Å². The molecule has 7 aliphatic rings. The van der Waals surface area contributed by atoms with Gasteiger partial charge in [-0.2, -0.15) is 13.2 Å². The van der Waals surface area contributed by atoms with Gasteiger partial charge in [0.25, 0.3) is 0 Å².